The second-order valence-electron chi connectivity index (χ2n) is 33.6. The Hall–Kier alpha value is -6.12. The van der Waals surface area contributed by atoms with Gasteiger partial charge in [0.15, 0.2) is 0 Å². The van der Waals surface area contributed by atoms with E-state index in [1.165, 1.54) is 33.4 Å². The molecule has 0 aliphatic heterocycles. The number of hydrogen-bond acceptors (Lipinski definition) is 12. The molecular weight excluding hydrogens is 1270 g/mol. The van der Waals surface area contributed by atoms with E-state index in [4.69, 9.17) is 56.8 Å². The van der Waals surface area contributed by atoms with Crippen LogP contribution in [0, 0.1) is 0 Å². The van der Waals surface area contributed by atoms with E-state index in [0.29, 0.717) is 157 Å². The minimum absolute atomic E-state index is 0.256. The van der Waals surface area contributed by atoms with Crippen molar-refractivity contribution in [2.24, 2.45) is 0 Å². The van der Waals surface area contributed by atoms with Crippen LogP contribution >= 0.6 is 0 Å². The lowest BCUT2D eigenvalue weighted by atomic mass is 9.79. The van der Waals surface area contributed by atoms with Crippen LogP contribution in [0.15, 0.2) is 72.8 Å². The van der Waals surface area contributed by atoms with Crippen LogP contribution in [0.5, 0.6) is 34.5 Å². The molecule has 0 N–H and O–H groups in total. The Morgan fingerprint density at radius 2 is 0.294 bits per heavy atom. The molecule has 0 fully saturated rings. The molecule has 12 bridgehead atoms. The molecule has 6 aromatic carbocycles. The summed E-state index contributed by atoms with van der Waals surface area (Å²) in [5, 5.41) is 0. The number of ether oxygens (including phenoxy) is 12. The summed E-state index contributed by atoms with van der Waals surface area (Å²) in [6, 6.07) is 28.7. The van der Waals surface area contributed by atoms with Crippen LogP contribution in [-0.2, 0) is 99.4 Å². The van der Waals surface area contributed by atoms with E-state index in [9.17, 15) is 0 Å². The zero-order valence-corrected chi connectivity index (χ0v) is 67.8. The molecule has 0 amide bonds. The molecular formula is C90H132O12. The molecule has 12 nitrogen and oxygen atoms in total. The van der Waals surface area contributed by atoms with Gasteiger partial charge in [0, 0.05) is 78.2 Å². The fraction of sp³-hybridized carbons (Fsp3) is 0.600. The molecule has 0 radical (unpaired) electrons. The van der Waals surface area contributed by atoms with Crippen LogP contribution in [0.2, 0.25) is 0 Å². The third-order valence-corrected chi connectivity index (χ3v) is 19.0. The zero-order valence-electron chi connectivity index (χ0n) is 67.8. The van der Waals surface area contributed by atoms with Gasteiger partial charge in [-0.15, -0.1) is 0 Å². The van der Waals surface area contributed by atoms with Gasteiger partial charge < -0.3 is 56.8 Å². The van der Waals surface area contributed by atoms with Crippen LogP contribution in [0.1, 0.15) is 266 Å². The van der Waals surface area contributed by atoms with E-state index < -0.39 is 0 Å². The first-order chi connectivity index (χ1) is 48.1. The topological polar surface area (TPSA) is 111 Å². The normalized spacial score (nSPS) is 13.4. The predicted molar refractivity (Wildman–Crippen MR) is 420 cm³/mol. The minimum Gasteiger partial charge on any atom is -0.491 e. The van der Waals surface area contributed by atoms with Crippen LogP contribution in [0.25, 0.3) is 0 Å². The fourth-order valence-corrected chi connectivity index (χ4v) is 13.1. The summed E-state index contributed by atoms with van der Waals surface area (Å²) in [4.78, 5) is 0. The molecule has 0 heterocycles. The van der Waals surface area contributed by atoms with Crippen molar-refractivity contribution in [1.29, 1.82) is 0 Å². The molecule has 564 valence electrons. The Labute approximate surface area is 617 Å². The quantitative estimate of drug-likeness (QED) is 0.0400. The van der Waals surface area contributed by atoms with Gasteiger partial charge in [0.25, 0.3) is 0 Å². The van der Waals surface area contributed by atoms with Gasteiger partial charge in [0.1, 0.15) is 74.1 Å². The Balaban J connectivity index is 1.76. The van der Waals surface area contributed by atoms with E-state index in [1.54, 1.807) is 0 Å². The monoisotopic (exact) mass is 1400 g/mol. The van der Waals surface area contributed by atoms with Gasteiger partial charge in [0.05, 0.1) is 39.6 Å². The molecule has 0 saturated carbocycles. The summed E-state index contributed by atoms with van der Waals surface area (Å²) in [6.07, 6.45) is 3.05. The highest BCUT2D eigenvalue weighted by molar-refractivity contribution is 5.62. The molecule has 0 saturated heterocycles. The van der Waals surface area contributed by atoms with E-state index >= 15 is 0 Å². The predicted octanol–water partition coefficient (Wildman–Crippen LogP) is 19.8. The summed E-state index contributed by atoms with van der Waals surface area (Å²) in [7, 11) is 0. The third kappa shape index (κ3) is 23.4. The standard InChI is InChI=1S/C90H132O12/c1-25-91-31-37-97-79-61-43-63-51-74(86(10,11)12)53-65(80(63)98-38-32-92-26-2)45-67-55-76(88(16,17)18)57-69(82(67)100-40-34-94-28-4)47-71-59-78(90(22,23)24)60-72(84(71)102-42-36-96-30-6)48-70-58-77(89(19,20)21)56-68(83(70)101-41-35-95-29-5)46-66-54-75(87(13,14)15)52-64(81(66)99-39-33-93-27-3)44-62(79)50-73(49-61)85(7,8)9/h49-60H,25-48H2,1-24H3. The van der Waals surface area contributed by atoms with E-state index in [2.05, 4.69) is 197 Å². The molecule has 1 aliphatic carbocycles. The summed E-state index contributed by atoms with van der Waals surface area (Å²) in [5.41, 5.74) is 18.4. The van der Waals surface area contributed by atoms with Crippen molar-refractivity contribution in [1.82, 2.24) is 0 Å². The smallest absolute Gasteiger partial charge is 0.126 e. The minimum atomic E-state index is -0.256. The maximum absolute atomic E-state index is 7.30. The van der Waals surface area contributed by atoms with Crippen molar-refractivity contribution in [3.8, 4) is 34.5 Å². The maximum atomic E-state index is 7.30. The van der Waals surface area contributed by atoms with Gasteiger partial charge >= 0.3 is 0 Å². The van der Waals surface area contributed by atoms with Gasteiger partial charge in [-0.25, -0.2) is 0 Å². The zero-order chi connectivity index (χ0) is 74.8. The summed E-state index contributed by atoms with van der Waals surface area (Å²) in [6.45, 7) is 62.0. The van der Waals surface area contributed by atoms with Crippen molar-refractivity contribution in [2.75, 3.05) is 119 Å². The van der Waals surface area contributed by atoms with Crippen LogP contribution in [0.3, 0.4) is 0 Å². The van der Waals surface area contributed by atoms with E-state index in [0.717, 1.165) is 101 Å². The largest absolute Gasteiger partial charge is 0.491 e. The maximum Gasteiger partial charge on any atom is 0.126 e. The molecule has 0 aromatic heterocycles. The Morgan fingerprint density at radius 3 is 0.382 bits per heavy atom. The lowest BCUT2D eigenvalue weighted by Crippen LogP contribution is -2.19. The number of fused-ring (bicyclic) bond motifs is 12. The van der Waals surface area contributed by atoms with Gasteiger partial charge in [-0.3, -0.25) is 0 Å². The number of rotatable bonds is 30. The third-order valence-electron chi connectivity index (χ3n) is 19.0. The highest BCUT2D eigenvalue weighted by atomic mass is 16.5. The van der Waals surface area contributed by atoms with Crippen LogP contribution < -0.4 is 28.4 Å². The highest BCUT2D eigenvalue weighted by Gasteiger charge is 2.32. The first-order valence-corrected chi connectivity index (χ1v) is 38.3. The molecule has 6 aromatic rings. The van der Waals surface area contributed by atoms with E-state index in [1.807, 2.05) is 41.5 Å². The molecule has 1 aliphatic rings. The second kappa shape index (κ2) is 37.2. The first-order valence-electron chi connectivity index (χ1n) is 38.3. The van der Waals surface area contributed by atoms with Crippen LogP contribution in [0.4, 0.5) is 0 Å². The van der Waals surface area contributed by atoms with Crippen LogP contribution in [-0.4, -0.2) is 119 Å². The number of benzene rings is 6. The first kappa shape index (κ1) is 83.2. The molecule has 7 rings (SSSR count). The molecule has 102 heavy (non-hydrogen) atoms. The SMILES string of the molecule is CCOCCOc1c2cc(C(C)(C)C)cc1Cc1cc(C(C)(C)C)cc(c1OCCOCC)Cc1cc(C(C)(C)C)cc(c1OCCOCC)Cc1cc(C(C)(C)C)cc(c1OCCOCC)Cc1cc(C(C)(C)C)cc(c1OCCOCC)Cc1cc(C(C)(C)C)cc(c1OCCOCC)C2. The lowest BCUT2D eigenvalue weighted by molar-refractivity contribution is 0.108. The Morgan fingerprint density at radius 1 is 0.186 bits per heavy atom. The van der Waals surface area contributed by atoms with Crippen molar-refractivity contribution in [2.45, 2.75) is 237 Å². The molecule has 0 atom stereocenters. The summed E-state index contributed by atoms with van der Waals surface area (Å²) >= 11 is 0. The van der Waals surface area contributed by atoms with Gasteiger partial charge in [0.2, 0.25) is 0 Å². The average Bonchev–Trinajstić information content (AvgIpc) is 0.772. The van der Waals surface area contributed by atoms with Crippen molar-refractivity contribution in [3.05, 3.63) is 173 Å². The Kier molecular flexibility index (Phi) is 30.3. The van der Waals surface area contributed by atoms with Gasteiger partial charge in [-0.1, -0.05) is 197 Å². The van der Waals surface area contributed by atoms with Crippen molar-refractivity contribution >= 4 is 0 Å². The van der Waals surface area contributed by atoms with Gasteiger partial charge in [-0.05, 0) is 174 Å². The summed E-state index contributed by atoms with van der Waals surface area (Å²) in [5.74, 6) is 5.01. The van der Waals surface area contributed by atoms with E-state index in [-0.39, 0.29) is 32.5 Å². The van der Waals surface area contributed by atoms with Crippen molar-refractivity contribution < 1.29 is 56.8 Å². The summed E-state index contributed by atoms with van der Waals surface area (Å²) < 4.78 is 80.3. The average molecular weight is 1410 g/mol. The number of hydrogen-bond donors (Lipinski definition) is 0. The second-order valence-corrected chi connectivity index (χ2v) is 33.6. The van der Waals surface area contributed by atoms with Crippen molar-refractivity contribution in [3.63, 3.8) is 0 Å². The lowest BCUT2D eigenvalue weighted by Gasteiger charge is -2.29. The fourth-order valence-electron chi connectivity index (χ4n) is 13.1. The Bertz CT molecular complexity index is 2890. The van der Waals surface area contributed by atoms with Gasteiger partial charge in [-0.2, -0.15) is 0 Å². The molecule has 0 spiro atoms. The molecule has 12 heteroatoms. The molecule has 0 unspecified atom stereocenters. The highest BCUT2D eigenvalue weighted by Crippen LogP contribution is 2.47.